The van der Waals surface area contributed by atoms with Gasteiger partial charge in [0.25, 0.3) is 10.0 Å². The maximum absolute atomic E-state index is 12.4. The molecule has 0 amide bonds. The highest BCUT2D eigenvalue weighted by molar-refractivity contribution is 7.89. The largest absolute Gasteiger partial charge is 0.490 e. The average molecular weight is 408 g/mol. The summed E-state index contributed by atoms with van der Waals surface area (Å²) in [5, 5.41) is 0.408. The number of hydrogen-bond donors (Lipinski definition) is 1. The van der Waals surface area contributed by atoms with Crippen LogP contribution >= 0.6 is 11.6 Å². The summed E-state index contributed by atoms with van der Waals surface area (Å²) in [5.41, 5.74) is 1.20. The minimum absolute atomic E-state index is 0.00315. The quantitative estimate of drug-likeness (QED) is 0.764. The lowest BCUT2D eigenvalue weighted by molar-refractivity contribution is 0.302. The van der Waals surface area contributed by atoms with Crippen LogP contribution in [0.25, 0.3) is 0 Å². The third kappa shape index (κ3) is 4.99. The highest BCUT2D eigenvalue weighted by Gasteiger charge is 2.28. The zero-order valence-corrected chi connectivity index (χ0v) is 16.4. The second kappa shape index (κ2) is 7.75. The lowest BCUT2D eigenvalue weighted by atomic mass is 10.2. The lowest BCUT2D eigenvalue weighted by Gasteiger charge is -2.17. The molecule has 6 nitrogen and oxygen atoms in total. The number of nitrogens with one attached hydrogen (secondary N) is 1. The van der Waals surface area contributed by atoms with Crippen LogP contribution in [0.15, 0.2) is 47.6 Å². The van der Waals surface area contributed by atoms with Crippen molar-refractivity contribution in [3.63, 3.8) is 0 Å². The predicted molar refractivity (Wildman–Crippen MR) is 103 cm³/mol. The summed E-state index contributed by atoms with van der Waals surface area (Å²) in [5.74, 6) is 0.920. The van der Waals surface area contributed by atoms with Crippen molar-refractivity contribution >= 4 is 21.6 Å². The number of halogens is 1. The molecule has 1 N–H and O–H groups in total. The molecule has 1 aliphatic heterocycles. The first-order chi connectivity index (χ1) is 13.0. The summed E-state index contributed by atoms with van der Waals surface area (Å²) in [6, 6.07) is 11.0. The van der Waals surface area contributed by atoms with Crippen LogP contribution in [0.4, 0.5) is 0 Å². The van der Waals surface area contributed by atoms with Crippen LogP contribution in [-0.4, -0.2) is 43.5 Å². The Bertz CT molecular complexity index is 883. The Morgan fingerprint density at radius 1 is 1.15 bits per heavy atom. The van der Waals surface area contributed by atoms with E-state index in [0.29, 0.717) is 17.7 Å². The van der Waals surface area contributed by atoms with E-state index in [0.717, 1.165) is 38.1 Å². The van der Waals surface area contributed by atoms with Crippen LogP contribution in [0.3, 0.4) is 0 Å². The van der Waals surface area contributed by atoms with Crippen molar-refractivity contribution in [3.05, 3.63) is 53.2 Å². The molecule has 2 heterocycles. The molecule has 1 saturated carbocycles. The molecule has 1 aromatic heterocycles. The second-order valence-electron chi connectivity index (χ2n) is 7.12. The molecule has 8 heteroatoms. The van der Waals surface area contributed by atoms with Gasteiger partial charge in [-0.2, -0.15) is 0 Å². The summed E-state index contributed by atoms with van der Waals surface area (Å²) in [6.07, 6.45) is 4.82. The van der Waals surface area contributed by atoms with Crippen molar-refractivity contribution in [2.75, 3.05) is 13.1 Å². The fraction of sp³-hybridized carbons (Fsp3) is 0.421. The summed E-state index contributed by atoms with van der Waals surface area (Å²) < 4.78 is 33.4. The number of sulfonamides is 1. The third-order valence-corrected chi connectivity index (χ3v) is 6.39. The minimum Gasteiger partial charge on any atom is -0.490 e. The first-order valence-corrected chi connectivity index (χ1v) is 11.0. The van der Waals surface area contributed by atoms with E-state index in [9.17, 15) is 8.42 Å². The van der Waals surface area contributed by atoms with Crippen LogP contribution < -0.4 is 9.46 Å². The smallest absolute Gasteiger partial charge is 0.258 e. The van der Waals surface area contributed by atoms with Crippen molar-refractivity contribution in [2.45, 2.75) is 43.0 Å². The molecule has 0 bridgehead atoms. The molecule has 1 atom stereocenters. The SMILES string of the molecule is O=S(=O)(N[C@@H]1CCN(Cc2ccc(OC3CC3)cc2)C1)c1ccc(Cl)cn1. The molecule has 0 unspecified atom stereocenters. The van der Waals surface area contributed by atoms with Crippen LogP contribution in [0.5, 0.6) is 5.75 Å². The molecule has 2 fully saturated rings. The molecule has 27 heavy (non-hydrogen) atoms. The standard InChI is InChI=1S/C19H22ClN3O3S/c20-15-3-8-19(21-11-15)27(24,25)22-16-9-10-23(13-16)12-14-1-4-17(5-2-14)26-18-6-7-18/h1-5,8,11,16,18,22H,6-7,9-10,12-13H2/t16-/m1/s1. The van der Waals surface area contributed by atoms with E-state index in [-0.39, 0.29) is 11.1 Å². The van der Waals surface area contributed by atoms with Crippen molar-refractivity contribution in [3.8, 4) is 5.75 Å². The molecule has 2 aromatic rings. The van der Waals surface area contributed by atoms with Crippen molar-refractivity contribution in [2.24, 2.45) is 0 Å². The number of benzene rings is 1. The van der Waals surface area contributed by atoms with E-state index in [4.69, 9.17) is 16.3 Å². The zero-order chi connectivity index (χ0) is 18.9. The Balaban J connectivity index is 1.31. The summed E-state index contributed by atoms with van der Waals surface area (Å²) >= 11 is 5.77. The van der Waals surface area contributed by atoms with Crippen LogP contribution in [0.2, 0.25) is 5.02 Å². The van der Waals surface area contributed by atoms with Gasteiger partial charge < -0.3 is 4.74 Å². The third-order valence-electron chi connectivity index (χ3n) is 4.73. The summed E-state index contributed by atoms with van der Waals surface area (Å²) in [7, 11) is -3.63. The fourth-order valence-electron chi connectivity index (χ4n) is 3.18. The first kappa shape index (κ1) is 18.7. The highest BCUT2D eigenvalue weighted by Crippen LogP contribution is 2.27. The van der Waals surface area contributed by atoms with Gasteiger partial charge in [0.15, 0.2) is 5.03 Å². The molecule has 0 spiro atoms. The van der Waals surface area contributed by atoms with Gasteiger partial charge in [0.05, 0.1) is 11.1 Å². The highest BCUT2D eigenvalue weighted by atomic mass is 35.5. The zero-order valence-electron chi connectivity index (χ0n) is 14.8. The maximum Gasteiger partial charge on any atom is 0.258 e. The van der Waals surface area contributed by atoms with Gasteiger partial charge in [0.2, 0.25) is 0 Å². The lowest BCUT2D eigenvalue weighted by Crippen LogP contribution is -2.37. The second-order valence-corrected chi connectivity index (χ2v) is 9.22. The van der Waals surface area contributed by atoms with Crippen LogP contribution in [0.1, 0.15) is 24.8 Å². The van der Waals surface area contributed by atoms with Gasteiger partial charge in [-0.15, -0.1) is 0 Å². The van der Waals surface area contributed by atoms with Gasteiger partial charge in [-0.1, -0.05) is 23.7 Å². The van der Waals surface area contributed by atoms with E-state index in [2.05, 4.69) is 26.7 Å². The number of hydrogen-bond acceptors (Lipinski definition) is 5. The van der Waals surface area contributed by atoms with Gasteiger partial charge in [-0.25, -0.2) is 18.1 Å². The van der Waals surface area contributed by atoms with Gasteiger partial charge in [-0.05, 0) is 49.1 Å². The molecule has 0 radical (unpaired) electrons. The number of ether oxygens (including phenoxy) is 1. The Morgan fingerprint density at radius 2 is 1.93 bits per heavy atom. The van der Waals surface area contributed by atoms with Crippen molar-refractivity contribution in [1.82, 2.24) is 14.6 Å². The Hall–Kier alpha value is -1.67. The normalized spacial score (nSPS) is 20.7. The van der Waals surface area contributed by atoms with Crippen molar-refractivity contribution < 1.29 is 13.2 Å². The molecule has 1 aromatic carbocycles. The molecule has 1 saturated heterocycles. The molecule has 2 aliphatic rings. The predicted octanol–water partition coefficient (Wildman–Crippen LogP) is 2.83. The number of nitrogens with zero attached hydrogens (tertiary/aromatic N) is 2. The van der Waals surface area contributed by atoms with E-state index >= 15 is 0 Å². The summed E-state index contributed by atoms with van der Waals surface area (Å²) in [6.45, 7) is 2.32. The summed E-state index contributed by atoms with van der Waals surface area (Å²) in [4.78, 5) is 6.15. The number of rotatable bonds is 7. The molecule has 144 valence electrons. The monoisotopic (exact) mass is 407 g/mol. The average Bonchev–Trinajstić information content (AvgIpc) is 3.35. The number of likely N-dealkylation sites (tertiary alicyclic amines) is 1. The van der Waals surface area contributed by atoms with E-state index in [1.165, 1.54) is 23.9 Å². The van der Waals surface area contributed by atoms with Gasteiger partial charge in [0, 0.05) is 31.9 Å². The van der Waals surface area contributed by atoms with E-state index in [1.807, 2.05) is 12.1 Å². The first-order valence-electron chi connectivity index (χ1n) is 9.10. The molecule has 1 aliphatic carbocycles. The van der Waals surface area contributed by atoms with Crippen LogP contribution in [-0.2, 0) is 16.6 Å². The Labute approximate surface area is 164 Å². The van der Waals surface area contributed by atoms with Gasteiger partial charge >= 0.3 is 0 Å². The van der Waals surface area contributed by atoms with Gasteiger partial charge in [0.1, 0.15) is 5.75 Å². The molecular weight excluding hydrogens is 386 g/mol. The molecule has 4 rings (SSSR count). The van der Waals surface area contributed by atoms with Crippen LogP contribution in [0, 0.1) is 0 Å². The minimum atomic E-state index is -3.63. The van der Waals surface area contributed by atoms with E-state index in [1.54, 1.807) is 0 Å². The Morgan fingerprint density at radius 3 is 2.59 bits per heavy atom. The Kier molecular flexibility index (Phi) is 5.36. The maximum atomic E-state index is 12.4. The van der Waals surface area contributed by atoms with E-state index < -0.39 is 10.0 Å². The fourth-order valence-corrected chi connectivity index (χ4v) is 4.49. The molecular formula is C19H22ClN3O3S. The topological polar surface area (TPSA) is 71.5 Å². The number of aromatic nitrogens is 1. The number of pyridine rings is 1. The van der Waals surface area contributed by atoms with Gasteiger partial charge in [-0.3, -0.25) is 4.90 Å². The van der Waals surface area contributed by atoms with Crippen molar-refractivity contribution in [1.29, 1.82) is 0 Å².